The summed E-state index contributed by atoms with van der Waals surface area (Å²) in [6, 6.07) is 6.06. The van der Waals surface area contributed by atoms with Crippen LogP contribution in [0, 0.1) is 28.6 Å². The number of unbranched alkanes of at least 4 members (excludes halogenated alkanes) is 15. The van der Waals surface area contributed by atoms with Gasteiger partial charge >= 0.3 is 0 Å². The second-order valence-electron chi connectivity index (χ2n) is 7.92. The number of hydrogen-bond donors (Lipinski definition) is 0. The van der Waals surface area contributed by atoms with Crippen molar-refractivity contribution in [2.75, 3.05) is 0 Å². The van der Waals surface area contributed by atoms with E-state index < -0.39 is 14.0 Å². The Balaban J connectivity index is 3.19. The van der Waals surface area contributed by atoms with Gasteiger partial charge in [-0.2, -0.15) is 21.6 Å². The lowest BCUT2D eigenvalue weighted by Crippen LogP contribution is -2.05. The van der Waals surface area contributed by atoms with Crippen LogP contribution in [0.4, 0.5) is 0 Å². The zero-order valence-corrected chi connectivity index (χ0v) is 19.5. The van der Waals surface area contributed by atoms with E-state index in [1.165, 1.54) is 103 Å². The number of nitrogens with zero attached hydrogens (tertiary/aromatic N) is 2. The van der Waals surface area contributed by atoms with Crippen LogP contribution in [0.5, 0.6) is 0 Å². The fraction of sp³-hybridized carbons (Fsp3) is 0.913. The maximum absolute atomic E-state index is 8.76. The molecule has 0 heterocycles. The van der Waals surface area contributed by atoms with Crippen LogP contribution in [0.1, 0.15) is 116 Å². The molecule has 0 aliphatic heterocycles. The molecular weight excluding hydrogens is 368 g/mol. The summed E-state index contributed by atoms with van der Waals surface area (Å²) in [7, 11) is -0.853. The molecule has 4 heteroatoms. The van der Waals surface area contributed by atoms with E-state index in [9.17, 15) is 0 Å². The Morgan fingerprint density at radius 1 is 0.630 bits per heavy atom. The predicted octanol–water partition coefficient (Wildman–Crippen LogP) is 8.53. The van der Waals surface area contributed by atoms with E-state index in [2.05, 4.69) is 6.92 Å². The van der Waals surface area contributed by atoms with Gasteiger partial charge in [-0.1, -0.05) is 110 Å². The lowest BCUT2D eigenvalue weighted by Gasteiger charge is -2.07. The van der Waals surface area contributed by atoms with Crippen molar-refractivity contribution in [3.05, 3.63) is 0 Å². The predicted molar refractivity (Wildman–Crippen MR) is 120 cm³/mol. The smallest absolute Gasteiger partial charge is 0.165 e. The molecule has 0 amide bonds. The van der Waals surface area contributed by atoms with Gasteiger partial charge in [-0.3, -0.25) is 0 Å². The summed E-state index contributed by atoms with van der Waals surface area (Å²) in [5.74, 6) is -0.463. The van der Waals surface area contributed by atoms with Crippen LogP contribution in [0.15, 0.2) is 0 Å². The molecule has 0 saturated carbocycles. The molecule has 0 spiro atoms. The first-order chi connectivity index (χ1) is 13.2. The van der Waals surface area contributed by atoms with Crippen LogP contribution in [-0.4, -0.2) is 8.11 Å². The molecule has 0 aliphatic rings. The van der Waals surface area contributed by atoms with Crippen molar-refractivity contribution >= 4 is 19.2 Å². The first kappa shape index (κ1) is 26.5. The molecule has 0 saturated heterocycles. The number of hydrogen-bond acceptors (Lipinski definition) is 2. The lowest BCUT2D eigenvalue weighted by atomic mass is 10.0. The van der Waals surface area contributed by atoms with E-state index in [4.69, 9.17) is 21.6 Å². The number of halogens is 1. The highest BCUT2D eigenvalue weighted by atomic mass is 35.6. The van der Waals surface area contributed by atoms with E-state index in [1.54, 1.807) is 0 Å². The Hall–Kier alpha value is -0.513. The Morgan fingerprint density at radius 2 is 1.00 bits per heavy atom. The van der Waals surface area contributed by atoms with Crippen molar-refractivity contribution in [3.63, 3.8) is 0 Å². The van der Waals surface area contributed by atoms with Gasteiger partial charge in [0.15, 0.2) is 8.11 Å². The minimum absolute atomic E-state index is 0.463. The minimum Gasteiger partial charge on any atom is -0.197 e. The zero-order chi connectivity index (χ0) is 20.0. The Bertz CT molecular complexity index is 375. The maximum atomic E-state index is 8.76. The molecule has 27 heavy (non-hydrogen) atoms. The summed E-state index contributed by atoms with van der Waals surface area (Å²) >= 11 is 6.39. The normalized spacial score (nSPS) is 11.0. The first-order valence-corrected chi connectivity index (χ1v) is 14.5. The summed E-state index contributed by atoms with van der Waals surface area (Å²) in [5.41, 5.74) is 0. The summed E-state index contributed by atoms with van der Waals surface area (Å²) in [4.78, 5) is 0. The summed E-state index contributed by atoms with van der Waals surface area (Å²) in [6.45, 7) is 2.28. The monoisotopic (exact) mass is 409 g/mol. The van der Waals surface area contributed by atoms with Crippen molar-refractivity contribution in [2.45, 2.75) is 128 Å². The van der Waals surface area contributed by atoms with Crippen LogP contribution in [0.3, 0.4) is 0 Å². The molecule has 0 N–H and O–H groups in total. The second-order valence-corrected chi connectivity index (χ2v) is 11.6. The molecule has 0 fully saturated rings. The topological polar surface area (TPSA) is 47.6 Å². The number of rotatable bonds is 20. The van der Waals surface area contributed by atoms with Gasteiger partial charge in [0.2, 0.25) is 0 Å². The Kier molecular flexibility index (Phi) is 21.4. The molecule has 0 unspecified atom stereocenters. The molecular formula is C23H42ClN2Si. The summed E-state index contributed by atoms with van der Waals surface area (Å²) in [5, 5.41) is 17.5. The fourth-order valence-corrected chi connectivity index (χ4v) is 5.66. The third kappa shape index (κ3) is 20.0. The molecule has 0 rings (SSSR count). The SMILES string of the molecule is CCCCCCCCCCCCCCCCCC[Si](Cl)CCC(C#N)C#N. The highest BCUT2D eigenvalue weighted by Gasteiger charge is 2.12. The van der Waals surface area contributed by atoms with Gasteiger partial charge in [0, 0.05) is 0 Å². The average Bonchev–Trinajstić information content (AvgIpc) is 2.68. The van der Waals surface area contributed by atoms with Crippen LogP contribution in [0.25, 0.3) is 0 Å². The van der Waals surface area contributed by atoms with Gasteiger partial charge in [0.25, 0.3) is 0 Å². The average molecular weight is 410 g/mol. The van der Waals surface area contributed by atoms with Crippen LogP contribution < -0.4 is 0 Å². The van der Waals surface area contributed by atoms with Gasteiger partial charge in [-0.25, -0.2) is 0 Å². The highest BCUT2D eigenvalue weighted by Crippen LogP contribution is 2.18. The molecule has 0 aromatic heterocycles. The Labute approximate surface area is 176 Å². The van der Waals surface area contributed by atoms with E-state index in [1.807, 2.05) is 12.1 Å². The van der Waals surface area contributed by atoms with Crippen molar-refractivity contribution in [1.82, 2.24) is 0 Å². The summed E-state index contributed by atoms with van der Waals surface area (Å²) in [6.07, 6.45) is 22.9. The van der Waals surface area contributed by atoms with E-state index in [0.29, 0.717) is 6.42 Å². The standard InChI is InChI=1S/C23H42ClN2Si/c1-2-3-4-5-6-7-8-9-10-11-12-13-14-15-16-17-19-27(24)20-18-23(21-25)22-26/h23H,2-20H2,1H3. The van der Waals surface area contributed by atoms with Crippen molar-refractivity contribution in [2.24, 2.45) is 5.92 Å². The molecule has 0 atom stereocenters. The largest absolute Gasteiger partial charge is 0.197 e. The molecule has 155 valence electrons. The van der Waals surface area contributed by atoms with Gasteiger partial charge < -0.3 is 0 Å². The maximum Gasteiger partial charge on any atom is 0.165 e. The van der Waals surface area contributed by atoms with E-state index in [0.717, 1.165) is 12.1 Å². The first-order valence-electron chi connectivity index (χ1n) is 11.5. The highest BCUT2D eigenvalue weighted by molar-refractivity contribution is 7.06. The fourth-order valence-electron chi connectivity index (χ4n) is 3.45. The number of nitriles is 2. The Morgan fingerprint density at radius 3 is 1.37 bits per heavy atom. The molecule has 0 aromatic rings. The van der Waals surface area contributed by atoms with Crippen LogP contribution >= 0.6 is 11.1 Å². The summed E-state index contributed by atoms with van der Waals surface area (Å²) < 4.78 is 0. The van der Waals surface area contributed by atoms with Crippen LogP contribution in [0.2, 0.25) is 12.1 Å². The lowest BCUT2D eigenvalue weighted by molar-refractivity contribution is 0.531. The third-order valence-corrected chi connectivity index (χ3v) is 8.18. The van der Waals surface area contributed by atoms with Gasteiger partial charge in [0.1, 0.15) is 5.92 Å². The van der Waals surface area contributed by atoms with Gasteiger partial charge in [-0.15, -0.1) is 0 Å². The molecule has 0 bridgehead atoms. The quantitative estimate of drug-likeness (QED) is 0.115. The molecule has 0 aliphatic carbocycles. The van der Waals surface area contributed by atoms with E-state index in [-0.39, 0.29) is 0 Å². The zero-order valence-electron chi connectivity index (χ0n) is 17.8. The molecule has 2 nitrogen and oxygen atoms in total. The van der Waals surface area contributed by atoms with Crippen molar-refractivity contribution in [1.29, 1.82) is 10.5 Å². The van der Waals surface area contributed by atoms with Crippen molar-refractivity contribution in [3.8, 4) is 12.1 Å². The minimum atomic E-state index is -0.853. The molecule has 1 radical (unpaired) electrons. The second kappa shape index (κ2) is 21.8. The van der Waals surface area contributed by atoms with E-state index >= 15 is 0 Å². The van der Waals surface area contributed by atoms with Crippen molar-refractivity contribution < 1.29 is 0 Å². The molecule has 0 aromatic carbocycles. The third-order valence-electron chi connectivity index (χ3n) is 5.32. The van der Waals surface area contributed by atoms with Crippen LogP contribution in [-0.2, 0) is 0 Å². The van der Waals surface area contributed by atoms with Gasteiger partial charge in [0.05, 0.1) is 12.1 Å². The van der Waals surface area contributed by atoms with Gasteiger partial charge in [-0.05, 0) is 18.5 Å².